The van der Waals surface area contributed by atoms with Gasteiger partial charge in [0.05, 0.1) is 28.9 Å². The van der Waals surface area contributed by atoms with Crippen molar-refractivity contribution in [3.05, 3.63) is 58.1 Å². The molecule has 1 amide bonds. The fraction of sp³-hybridized carbons (Fsp3) is 0.429. The van der Waals surface area contributed by atoms with E-state index in [1.165, 1.54) is 24.4 Å². The van der Waals surface area contributed by atoms with E-state index in [-0.39, 0.29) is 29.7 Å². The largest absolute Gasteiger partial charge is 0.414 e. The number of hydrogen-bond acceptors (Lipinski definition) is 5. The molecule has 7 nitrogen and oxygen atoms in total. The van der Waals surface area contributed by atoms with Crippen LogP contribution in [0.15, 0.2) is 30.5 Å². The highest BCUT2D eigenvalue weighted by molar-refractivity contribution is 7.88. The number of carbonyl (C=O) groups excluding carboxylic acids is 1. The maximum atomic E-state index is 14.2. The summed E-state index contributed by atoms with van der Waals surface area (Å²) in [7, 11) is -3.77. The lowest BCUT2D eigenvalue weighted by atomic mass is 10.1. The molecule has 0 saturated carbocycles. The summed E-state index contributed by atoms with van der Waals surface area (Å²) in [6.07, 6.45) is -1.95. The number of hydrogen-bond donors (Lipinski definition) is 2. The number of anilines is 1. The maximum absolute atomic E-state index is 14.2. The summed E-state index contributed by atoms with van der Waals surface area (Å²) in [6, 6.07) is 2.08. The van der Waals surface area contributed by atoms with E-state index in [0.29, 0.717) is 29.0 Å². The number of carbonyl (C=O) groups is 1. The minimum Gasteiger partial charge on any atom is -0.380 e. The highest BCUT2D eigenvalue weighted by Gasteiger charge is 2.51. The SMILES string of the molecule is CS(=O)(=O)N[C@H]1CCN([C@@H](c2ccc(NC3Cc4ccc(Cl)c(F)c4C3)cn2)C(F)(F)F)C1=O. The van der Waals surface area contributed by atoms with Gasteiger partial charge in [0, 0.05) is 12.6 Å². The van der Waals surface area contributed by atoms with Crippen LogP contribution in [0.1, 0.15) is 29.3 Å². The number of nitrogens with one attached hydrogen (secondary N) is 2. The van der Waals surface area contributed by atoms with Gasteiger partial charge in [-0.2, -0.15) is 13.2 Å². The summed E-state index contributed by atoms with van der Waals surface area (Å²) in [5, 5.41) is 3.18. The Morgan fingerprint density at radius 2 is 1.94 bits per heavy atom. The van der Waals surface area contributed by atoms with Gasteiger partial charge in [-0.05, 0) is 48.6 Å². The van der Waals surface area contributed by atoms with Gasteiger partial charge in [0.1, 0.15) is 11.9 Å². The molecule has 1 aliphatic carbocycles. The number of halogens is 5. The molecule has 1 saturated heterocycles. The molecule has 1 aromatic heterocycles. The molecule has 1 aromatic carbocycles. The van der Waals surface area contributed by atoms with Crippen LogP contribution < -0.4 is 10.0 Å². The Balaban J connectivity index is 1.49. The van der Waals surface area contributed by atoms with Gasteiger partial charge >= 0.3 is 6.18 Å². The molecule has 0 bridgehead atoms. The highest BCUT2D eigenvalue weighted by atomic mass is 35.5. The van der Waals surface area contributed by atoms with Crippen LogP contribution in [0.3, 0.4) is 0 Å². The first-order chi connectivity index (χ1) is 15.8. The molecule has 1 fully saturated rings. The van der Waals surface area contributed by atoms with Crippen LogP contribution in [0.2, 0.25) is 5.02 Å². The number of benzene rings is 1. The summed E-state index contributed by atoms with van der Waals surface area (Å²) >= 11 is 5.83. The molecule has 1 aliphatic heterocycles. The summed E-state index contributed by atoms with van der Waals surface area (Å²) < 4.78 is 80.8. The maximum Gasteiger partial charge on any atom is 0.414 e. The van der Waals surface area contributed by atoms with E-state index in [2.05, 4.69) is 15.0 Å². The van der Waals surface area contributed by atoms with E-state index >= 15 is 0 Å². The standard InChI is InChI=1S/C21H21ClF4N4O3S/c1-34(32,33)29-17-6-7-30(20(17)31)19(21(24,25)26)16-5-3-12(10-27-16)28-13-8-11-2-4-15(22)18(23)14(11)9-13/h2-5,10,13,17,19,28-29H,6-9H2,1H3/t13?,17-,19-/m0/s1. The molecule has 2 aromatic rings. The number of pyridine rings is 1. The van der Waals surface area contributed by atoms with Crippen LogP contribution in [0.25, 0.3) is 0 Å². The van der Waals surface area contributed by atoms with Crippen molar-refractivity contribution in [2.45, 2.75) is 43.6 Å². The van der Waals surface area contributed by atoms with Crippen molar-refractivity contribution in [1.29, 1.82) is 0 Å². The molecule has 0 radical (unpaired) electrons. The van der Waals surface area contributed by atoms with Crippen molar-refractivity contribution in [3.8, 4) is 0 Å². The molecule has 2 heterocycles. The summed E-state index contributed by atoms with van der Waals surface area (Å²) in [5.41, 5.74) is 1.37. The van der Waals surface area contributed by atoms with Crippen molar-refractivity contribution in [2.24, 2.45) is 0 Å². The number of rotatable bonds is 6. The summed E-state index contributed by atoms with van der Waals surface area (Å²) in [5.74, 6) is -1.43. The monoisotopic (exact) mass is 520 g/mol. The molecule has 34 heavy (non-hydrogen) atoms. The van der Waals surface area contributed by atoms with Gasteiger partial charge in [-0.1, -0.05) is 17.7 Å². The zero-order valence-corrected chi connectivity index (χ0v) is 19.4. The fourth-order valence-corrected chi connectivity index (χ4v) is 5.36. The van der Waals surface area contributed by atoms with Crippen molar-refractivity contribution < 1.29 is 30.8 Å². The van der Waals surface area contributed by atoms with Crippen LogP contribution in [-0.2, 0) is 27.7 Å². The van der Waals surface area contributed by atoms with E-state index in [0.717, 1.165) is 11.8 Å². The summed E-state index contributed by atoms with van der Waals surface area (Å²) in [6.45, 7) is -0.271. The van der Waals surface area contributed by atoms with E-state index < -0.39 is 40.0 Å². The minimum atomic E-state index is -4.82. The van der Waals surface area contributed by atoms with Gasteiger partial charge in [0.25, 0.3) is 0 Å². The first kappa shape index (κ1) is 24.7. The lowest BCUT2D eigenvalue weighted by Gasteiger charge is -2.29. The number of likely N-dealkylation sites (tertiary alicyclic amines) is 1. The number of fused-ring (bicyclic) bond motifs is 1. The quantitative estimate of drug-likeness (QED) is 0.571. The lowest BCUT2D eigenvalue weighted by Crippen LogP contribution is -2.45. The number of nitrogens with zero attached hydrogens (tertiary/aromatic N) is 2. The van der Waals surface area contributed by atoms with Crippen molar-refractivity contribution in [1.82, 2.24) is 14.6 Å². The molecule has 1 unspecified atom stereocenters. The van der Waals surface area contributed by atoms with Crippen LogP contribution in [0, 0.1) is 5.82 Å². The van der Waals surface area contributed by atoms with E-state index in [9.17, 15) is 30.8 Å². The Kier molecular flexibility index (Phi) is 6.51. The van der Waals surface area contributed by atoms with Gasteiger partial charge in [0.2, 0.25) is 15.9 Å². The number of sulfonamides is 1. The minimum absolute atomic E-state index is 0.0362. The van der Waals surface area contributed by atoms with E-state index in [1.807, 2.05) is 0 Å². The molecule has 2 aliphatic rings. The number of aromatic nitrogens is 1. The zero-order chi connectivity index (χ0) is 24.8. The zero-order valence-electron chi connectivity index (χ0n) is 17.9. The molecular formula is C21H21ClF4N4O3S. The van der Waals surface area contributed by atoms with Crippen LogP contribution in [0.5, 0.6) is 0 Å². The normalized spacial score (nSPS) is 21.6. The smallest absolute Gasteiger partial charge is 0.380 e. The molecular weight excluding hydrogens is 500 g/mol. The Morgan fingerprint density at radius 3 is 2.56 bits per heavy atom. The third-order valence-electron chi connectivity index (χ3n) is 5.87. The van der Waals surface area contributed by atoms with Gasteiger partial charge in [-0.15, -0.1) is 0 Å². The third kappa shape index (κ3) is 5.13. The van der Waals surface area contributed by atoms with Crippen molar-refractivity contribution in [3.63, 3.8) is 0 Å². The number of amides is 1. The highest BCUT2D eigenvalue weighted by Crippen LogP contribution is 2.39. The first-order valence-corrected chi connectivity index (χ1v) is 12.6. The predicted octanol–water partition coefficient (Wildman–Crippen LogP) is 3.21. The fourth-order valence-electron chi connectivity index (χ4n) is 4.45. The van der Waals surface area contributed by atoms with Gasteiger partial charge in [-0.3, -0.25) is 9.78 Å². The summed E-state index contributed by atoms with van der Waals surface area (Å²) in [4.78, 5) is 17.1. The van der Waals surface area contributed by atoms with Crippen LogP contribution >= 0.6 is 11.6 Å². The molecule has 3 atom stereocenters. The third-order valence-corrected chi connectivity index (χ3v) is 6.87. The number of alkyl halides is 3. The van der Waals surface area contributed by atoms with Gasteiger partial charge < -0.3 is 10.2 Å². The van der Waals surface area contributed by atoms with Gasteiger partial charge in [0.15, 0.2) is 6.04 Å². The molecule has 13 heteroatoms. The second kappa shape index (κ2) is 8.97. The molecule has 184 valence electrons. The average molecular weight is 521 g/mol. The molecule has 2 N–H and O–H groups in total. The predicted molar refractivity (Wildman–Crippen MR) is 117 cm³/mol. The Labute approximate surface area is 198 Å². The molecule has 4 rings (SSSR count). The lowest BCUT2D eigenvalue weighted by molar-refractivity contribution is -0.190. The second-order valence-corrected chi connectivity index (χ2v) is 10.6. The van der Waals surface area contributed by atoms with E-state index in [1.54, 1.807) is 6.07 Å². The Bertz CT molecular complexity index is 1210. The van der Waals surface area contributed by atoms with Crippen molar-refractivity contribution in [2.75, 3.05) is 18.1 Å². The van der Waals surface area contributed by atoms with Gasteiger partial charge in [-0.25, -0.2) is 17.5 Å². The Hall–Kier alpha value is -2.44. The first-order valence-electron chi connectivity index (χ1n) is 10.4. The Morgan fingerprint density at radius 1 is 1.21 bits per heavy atom. The van der Waals surface area contributed by atoms with Crippen molar-refractivity contribution >= 4 is 33.2 Å². The van der Waals surface area contributed by atoms with Crippen LogP contribution in [0.4, 0.5) is 23.2 Å². The topological polar surface area (TPSA) is 91.4 Å². The van der Waals surface area contributed by atoms with Crippen LogP contribution in [-0.4, -0.2) is 55.3 Å². The second-order valence-electron chi connectivity index (χ2n) is 8.43. The molecule has 0 spiro atoms. The average Bonchev–Trinajstić information content (AvgIpc) is 3.29. The van der Waals surface area contributed by atoms with E-state index in [4.69, 9.17) is 11.6 Å².